The monoisotopic (exact) mass is 341 g/mol. The third kappa shape index (κ3) is 7.16. The average Bonchev–Trinajstić information content (AvgIpc) is 2.63. The highest BCUT2D eigenvalue weighted by Gasteiger charge is 2.11. The van der Waals surface area contributed by atoms with E-state index in [0.717, 1.165) is 30.5 Å². The molecule has 1 aromatic carbocycles. The van der Waals surface area contributed by atoms with Crippen LogP contribution in [0.15, 0.2) is 58.2 Å². The van der Waals surface area contributed by atoms with Crippen LogP contribution in [0.3, 0.4) is 0 Å². The van der Waals surface area contributed by atoms with Crippen molar-refractivity contribution in [3.05, 3.63) is 53.3 Å². The van der Waals surface area contributed by atoms with E-state index in [2.05, 4.69) is 80.5 Å². The van der Waals surface area contributed by atoms with E-state index < -0.39 is 0 Å². The molecule has 3 nitrogen and oxygen atoms in total. The van der Waals surface area contributed by atoms with Gasteiger partial charge in [0.25, 0.3) is 0 Å². The minimum atomic E-state index is 0.708. The minimum Gasteiger partial charge on any atom is -0.298 e. The van der Waals surface area contributed by atoms with Crippen LogP contribution in [-0.2, 0) is 0 Å². The zero-order chi connectivity index (χ0) is 18.7. The van der Waals surface area contributed by atoms with Gasteiger partial charge < -0.3 is 0 Å². The highest BCUT2D eigenvalue weighted by atomic mass is 15.5. The first-order chi connectivity index (χ1) is 12.0. The van der Waals surface area contributed by atoms with Gasteiger partial charge in [0.05, 0.1) is 11.4 Å². The number of anilines is 1. The maximum atomic E-state index is 4.22. The number of benzene rings is 1. The van der Waals surface area contributed by atoms with Crippen molar-refractivity contribution >= 4 is 11.9 Å². The summed E-state index contributed by atoms with van der Waals surface area (Å²) in [5.41, 5.74) is 8.44. The predicted molar refractivity (Wildman–Crippen MR) is 112 cm³/mol. The third-order valence-corrected chi connectivity index (χ3v) is 4.44. The van der Waals surface area contributed by atoms with E-state index in [0.29, 0.717) is 5.92 Å². The van der Waals surface area contributed by atoms with E-state index >= 15 is 0 Å². The molecule has 0 saturated heterocycles. The van der Waals surface area contributed by atoms with Gasteiger partial charge in [-0.05, 0) is 49.0 Å². The lowest BCUT2D eigenvalue weighted by molar-refractivity contribution is 0.569. The molecule has 0 radical (unpaired) electrons. The van der Waals surface area contributed by atoms with Crippen LogP contribution in [0.25, 0.3) is 0 Å². The van der Waals surface area contributed by atoms with Gasteiger partial charge in [-0.15, -0.1) is 0 Å². The minimum absolute atomic E-state index is 0.708. The molecule has 0 aromatic heterocycles. The maximum absolute atomic E-state index is 4.22. The molecular formula is C22H35N3. The highest BCUT2D eigenvalue weighted by Crippen LogP contribution is 2.22. The topological polar surface area (TPSA) is 27.6 Å². The Balaban J connectivity index is 3.15. The second kappa shape index (κ2) is 11.5. The van der Waals surface area contributed by atoms with E-state index in [1.54, 1.807) is 0 Å². The number of para-hydroxylation sites is 1. The van der Waals surface area contributed by atoms with Crippen LogP contribution in [0, 0.1) is 5.92 Å². The number of allylic oxidation sites excluding steroid dienone is 3. The van der Waals surface area contributed by atoms with E-state index in [9.17, 15) is 0 Å². The molecule has 3 heteroatoms. The first-order valence-corrected chi connectivity index (χ1v) is 9.41. The fourth-order valence-corrected chi connectivity index (χ4v) is 2.66. The van der Waals surface area contributed by atoms with Crippen LogP contribution in [-0.4, -0.2) is 20.3 Å². The van der Waals surface area contributed by atoms with Crippen LogP contribution >= 0.6 is 0 Å². The molecule has 25 heavy (non-hydrogen) atoms. The summed E-state index contributed by atoms with van der Waals surface area (Å²) < 4.78 is 0. The fraction of sp³-hybridized carbons (Fsp3) is 0.500. The smallest absolute Gasteiger partial charge is 0.0615 e. The van der Waals surface area contributed by atoms with Gasteiger partial charge in [-0.25, -0.2) is 0 Å². The second-order valence-electron chi connectivity index (χ2n) is 6.68. The number of rotatable bonds is 10. The average molecular weight is 342 g/mol. The van der Waals surface area contributed by atoms with Gasteiger partial charge >= 0.3 is 0 Å². The number of aliphatic imine (C=N–C) groups is 1. The first-order valence-electron chi connectivity index (χ1n) is 9.41. The van der Waals surface area contributed by atoms with Crippen molar-refractivity contribution in [3.63, 3.8) is 0 Å². The van der Waals surface area contributed by atoms with E-state index in [1.165, 1.54) is 17.7 Å². The van der Waals surface area contributed by atoms with Crippen molar-refractivity contribution in [2.24, 2.45) is 10.9 Å². The molecule has 0 heterocycles. The summed E-state index contributed by atoms with van der Waals surface area (Å²) in [5, 5.41) is 2.08. The Hall–Kier alpha value is -2.03. The second-order valence-corrected chi connectivity index (χ2v) is 6.68. The van der Waals surface area contributed by atoms with Crippen molar-refractivity contribution in [1.82, 2.24) is 5.43 Å². The number of nitrogens with one attached hydrogen (secondary N) is 1. The summed E-state index contributed by atoms with van der Waals surface area (Å²) >= 11 is 0. The van der Waals surface area contributed by atoms with Crippen LogP contribution in [0.1, 0.15) is 53.4 Å². The summed E-state index contributed by atoms with van der Waals surface area (Å²) in [6.07, 6.45) is 8.86. The molecule has 0 bridgehead atoms. The predicted octanol–water partition coefficient (Wildman–Crippen LogP) is 5.76. The van der Waals surface area contributed by atoms with Crippen LogP contribution in [0.5, 0.6) is 0 Å². The summed E-state index contributed by atoms with van der Waals surface area (Å²) in [6.45, 7) is 8.93. The molecule has 0 fully saturated rings. The zero-order valence-electron chi connectivity index (χ0n) is 16.8. The van der Waals surface area contributed by atoms with Crippen molar-refractivity contribution in [1.29, 1.82) is 0 Å². The first kappa shape index (κ1) is 21.0. The quantitative estimate of drug-likeness (QED) is 0.332. The maximum Gasteiger partial charge on any atom is 0.0615 e. The standard InChI is InChI=1S/C22H35N3/c1-7-12-20(16-15-18(3)8-2)22(19(4)17-23-5)24-25(6)21-13-10-9-11-14-21/h9-11,13-14,16-18,24H,7-8,12,15H2,1-6H3/b20-16+,22-19?,23-17?. The van der Waals surface area contributed by atoms with Crippen molar-refractivity contribution in [2.45, 2.75) is 53.4 Å². The Bertz CT molecular complexity index is 585. The molecule has 0 aliphatic rings. The fourth-order valence-electron chi connectivity index (χ4n) is 2.66. The van der Waals surface area contributed by atoms with Crippen molar-refractivity contribution in [2.75, 3.05) is 19.1 Å². The Kier molecular flexibility index (Phi) is 9.68. The molecule has 0 amide bonds. The SMILES string of the molecule is CCC/C(=C\CC(C)CC)C(NN(C)c1ccccc1)=C(C)C=NC. The number of nitrogens with zero attached hydrogens (tertiary/aromatic N) is 2. The lowest BCUT2D eigenvalue weighted by atomic mass is 9.98. The summed E-state index contributed by atoms with van der Waals surface area (Å²) in [5.74, 6) is 0.708. The molecule has 0 spiro atoms. The van der Waals surface area contributed by atoms with Gasteiger partial charge in [0.1, 0.15) is 0 Å². The van der Waals surface area contributed by atoms with E-state index in [4.69, 9.17) is 0 Å². The molecule has 1 aromatic rings. The van der Waals surface area contributed by atoms with Crippen LogP contribution in [0.2, 0.25) is 0 Å². The Morgan fingerprint density at radius 1 is 1.24 bits per heavy atom. The van der Waals surface area contributed by atoms with Crippen molar-refractivity contribution < 1.29 is 0 Å². The largest absolute Gasteiger partial charge is 0.298 e. The van der Waals surface area contributed by atoms with Gasteiger partial charge in [0.2, 0.25) is 0 Å². The highest BCUT2D eigenvalue weighted by molar-refractivity contribution is 5.80. The van der Waals surface area contributed by atoms with E-state index in [1.807, 2.05) is 19.3 Å². The van der Waals surface area contributed by atoms with Gasteiger partial charge in [0.15, 0.2) is 0 Å². The van der Waals surface area contributed by atoms with Gasteiger partial charge in [-0.2, -0.15) is 0 Å². The summed E-state index contributed by atoms with van der Waals surface area (Å²) in [7, 11) is 3.88. The number of hydrogen-bond donors (Lipinski definition) is 1. The van der Waals surface area contributed by atoms with Crippen LogP contribution < -0.4 is 10.4 Å². The normalized spacial score (nSPS) is 14.4. The lowest BCUT2D eigenvalue weighted by Crippen LogP contribution is -2.35. The number of hydrogen-bond acceptors (Lipinski definition) is 3. The van der Waals surface area contributed by atoms with Gasteiger partial charge in [0, 0.05) is 20.3 Å². The Morgan fingerprint density at radius 3 is 2.48 bits per heavy atom. The zero-order valence-corrected chi connectivity index (χ0v) is 16.8. The molecule has 0 aliphatic heterocycles. The Labute approximate surface area is 154 Å². The number of hydrazine groups is 1. The molecule has 1 unspecified atom stereocenters. The third-order valence-electron chi connectivity index (χ3n) is 4.44. The summed E-state index contributed by atoms with van der Waals surface area (Å²) in [6, 6.07) is 10.4. The Morgan fingerprint density at radius 2 is 1.92 bits per heavy atom. The molecule has 0 aliphatic carbocycles. The van der Waals surface area contributed by atoms with Gasteiger partial charge in [-0.3, -0.25) is 15.4 Å². The molecular weight excluding hydrogens is 306 g/mol. The molecule has 1 N–H and O–H groups in total. The van der Waals surface area contributed by atoms with Gasteiger partial charge in [-0.1, -0.05) is 57.9 Å². The molecule has 138 valence electrons. The molecule has 0 saturated carbocycles. The van der Waals surface area contributed by atoms with E-state index in [-0.39, 0.29) is 0 Å². The molecule has 1 rings (SSSR count). The lowest BCUT2D eigenvalue weighted by Gasteiger charge is -2.26. The summed E-state index contributed by atoms with van der Waals surface area (Å²) in [4.78, 5) is 4.22. The van der Waals surface area contributed by atoms with Crippen LogP contribution in [0.4, 0.5) is 5.69 Å². The van der Waals surface area contributed by atoms with Crippen molar-refractivity contribution in [3.8, 4) is 0 Å². The molecule has 1 atom stereocenters.